The maximum Gasteiger partial charge on any atom is 0.260 e. The third-order valence-electron chi connectivity index (χ3n) is 4.38. The van der Waals surface area contributed by atoms with Crippen molar-refractivity contribution < 1.29 is 19.1 Å². The van der Waals surface area contributed by atoms with Gasteiger partial charge in [0, 0.05) is 37.8 Å². The number of amides is 2. The van der Waals surface area contributed by atoms with Gasteiger partial charge in [0.05, 0.1) is 13.2 Å². The first-order valence-corrected chi connectivity index (χ1v) is 9.48. The Balaban J connectivity index is 1.46. The van der Waals surface area contributed by atoms with Crippen molar-refractivity contribution in [1.29, 1.82) is 0 Å². The molecule has 2 saturated heterocycles. The summed E-state index contributed by atoms with van der Waals surface area (Å²) in [4.78, 5) is 28.3. The van der Waals surface area contributed by atoms with Crippen LogP contribution in [0.5, 0.6) is 11.5 Å². The maximum atomic E-state index is 12.4. The zero-order valence-corrected chi connectivity index (χ0v) is 15.1. The number of piperazine rings is 1. The van der Waals surface area contributed by atoms with Crippen LogP contribution in [0.2, 0.25) is 0 Å². The zero-order valence-electron chi connectivity index (χ0n) is 14.3. The highest BCUT2D eigenvalue weighted by atomic mass is 32.2. The van der Waals surface area contributed by atoms with Crippen LogP contribution in [0.4, 0.5) is 0 Å². The summed E-state index contributed by atoms with van der Waals surface area (Å²) in [6.45, 7) is 2.19. The Morgan fingerprint density at radius 2 is 1.84 bits per heavy atom. The van der Waals surface area contributed by atoms with Crippen LogP contribution < -0.4 is 14.8 Å². The van der Waals surface area contributed by atoms with Gasteiger partial charge in [-0.25, -0.2) is 0 Å². The molecule has 0 radical (unpaired) electrons. The molecule has 1 aromatic rings. The summed E-state index contributed by atoms with van der Waals surface area (Å²) in [5, 5.41) is 3.20. The fourth-order valence-corrected chi connectivity index (χ4v) is 3.85. The number of methoxy groups -OCH3 is 1. The number of para-hydroxylation sites is 2. The number of carbonyl (C=O) groups excluding carboxylic acids is 2. The number of hydrogen-bond acceptors (Lipinski definition) is 6. The standard InChI is InChI=1S/C17H23N3O4S/c1-23-14-4-2-3-5-15(14)24-10-16(21)19-6-8-20(9-7-19)17(22)13-11-25-12-18-13/h2-5,13,18H,6-12H2,1H3. The molecule has 2 aliphatic rings. The second-order valence-electron chi connectivity index (χ2n) is 5.92. The molecule has 0 aromatic heterocycles. The molecule has 2 fully saturated rings. The predicted molar refractivity (Wildman–Crippen MR) is 95.9 cm³/mol. The van der Waals surface area contributed by atoms with Gasteiger partial charge < -0.3 is 19.3 Å². The monoisotopic (exact) mass is 365 g/mol. The number of ether oxygens (including phenoxy) is 2. The van der Waals surface area contributed by atoms with E-state index in [0.717, 1.165) is 11.6 Å². The molecule has 7 nitrogen and oxygen atoms in total. The molecule has 1 N–H and O–H groups in total. The molecule has 0 aliphatic carbocycles. The van der Waals surface area contributed by atoms with Crippen LogP contribution in [0.3, 0.4) is 0 Å². The molecule has 1 aromatic carbocycles. The number of rotatable bonds is 5. The Morgan fingerprint density at radius 1 is 1.16 bits per heavy atom. The molecule has 0 spiro atoms. The molecule has 25 heavy (non-hydrogen) atoms. The number of thioether (sulfide) groups is 1. The van der Waals surface area contributed by atoms with Gasteiger partial charge in [-0.2, -0.15) is 0 Å². The quantitative estimate of drug-likeness (QED) is 0.815. The van der Waals surface area contributed by atoms with Gasteiger partial charge in [-0.15, -0.1) is 11.8 Å². The average Bonchev–Trinajstić information content (AvgIpc) is 3.20. The SMILES string of the molecule is COc1ccccc1OCC(=O)N1CCN(C(=O)C2CSCN2)CC1. The van der Waals surface area contributed by atoms with E-state index in [4.69, 9.17) is 9.47 Å². The lowest BCUT2D eigenvalue weighted by Crippen LogP contribution is -2.55. The molecule has 0 saturated carbocycles. The first kappa shape index (κ1) is 17.9. The van der Waals surface area contributed by atoms with Crippen molar-refractivity contribution in [2.75, 3.05) is 51.5 Å². The molecule has 2 aliphatic heterocycles. The first-order chi connectivity index (χ1) is 12.2. The predicted octanol–water partition coefficient (Wildman–Crippen LogP) is 0.407. The van der Waals surface area contributed by atoms with Gasteiger partial charge in [0.15, 0.2) is 18.1 Å². The number of carbonyl (C=O) groups is 2. The minimum absolute atomic E-state index is 0.0326. The Hall–Kier alpha value is -1.93. The van der Waals surface area contributed by atoms with E-state index >= 15 is 0 Å². The minimum atomic E-state index is -0.0823. The number of hydrogen-bond donors (Lipinski definition) is 1. The van der Waals surface area contributed by atoms with E-state index in [1.54, 1.807) is 35.9 Å². The molecule has 0 bridgehead atoms. The van der Waals surface area contributed by atoms with Gasteiger partial charge in [-0.1, -0.05) is 12.1 Å². The van der Waals surface area contributed by atoms with Gasteiger partial charge >= 0.3 is 0 Å². The van der Waals surface area contributed by atoms with Crippen molar-refractivity contribution in [3.8, 4) is 11.5 Å². The van der Waals surface area contributed by atoms with E-state index in [2.05, 4.69) is 5.32 Å². The third-order valence-corrected chi connectivity index (χ3v) is 5.32. The zero-order chi connectivity index (χ0) is 17.6. The molecular formula is C17H23N3O4S. The van der Waals surface area contributed by atoms with E-state index in [1.807, 2.05) is 17.0 Å². The van der Waals surface area contributed by atoms with Crippen molar-refractivity contribution in [2.45, 2.75) is 6.04 Å². The minimum Gasteiger partial charge on any atom is -0.493 e. The van der Waals surface area contributed by atoms with E-state index in [9.17, 15) is 9.59 Å². The van der Waals surface area contributed by atoms with Crippen LogP contribution in [-0.4, -0.2) is 79.2 Å². The van der Waals surface area contributed by atoms with Crippen LogP contribution in [-0.2, 0) is 9.59 Å². The van der Waals surface area contributed by atoms with E-state index in [1.165, 1.54) is 0 Å². The van der Waals surface area contributed by atoms with Crippen LogP contribution in [0, 0.1) is 0 Å². The van der Waals surface area contributed by atoms with Crippen LogP contribution in [0.1, 0.15) is 0 Å². The van der Waals surface area contributed by atoms with Crippen molar-refractivity contribution in [2.24, 2.45) is 0 Å². The lowest BCUT2D eigenvalue weighted by molar-refractivity contribution is -0.141. The Kier molecular flexibility index (Phi) is 6.04. The van der Waals surface area contributed by atoms with Crippen LogP contribution >= 0.6 is 11.8 Å². The number of benzene rings is 1. The van der Waals surface area contributed by atoms with E-state index in [0.29, 0.717) is 37.7 Å². The average molecular weight is 365 g/mol. The van der Waals surface area contributed by atoms with Crippen molar-refractivity contribution in [3.63, 3.8) is 0 Å². The maximum absolute atomic E-state index is 12.4. The van der Waals surface area contributed by atoms with Gasteiger partial charge in [-0.05, 0) is 12.1 Å². The lowest BCUT2D eigenvalue weighted by atomic mass is 10.2. The highest BCUT2D eigenvalue weighted by Crippen LogP contribution is 2.25. The number of nitrogens with one attached hydrogen (secondary N) is 1. The van der Waals surface area contributed by atoms with Crippen molar-refractivity contribution >= 4 is 23.6 Å². The summed E-state index contributed by atoms with van der Waals surface area (Å²) in [5.74, 6) is 2.87. The molecule has 136 valence electrons. The van der Waals surface area contributed by atoms with Gasteiger partial charge in [0.1, 0.15) is 0 Å². The number of nitrogens with zero attached hydrogens (tertiary/aromatic N) is 2. The summed E-state index contributed by atoms with van der Waals surface area (Å²) in [5.41, 5.74) is 0. The largest absolute Gasteiger partial charge is 0.493 e. The summed E-state index contributed by atoms with van der Waals surface area (Å²) in [6, 6.07) is 7.17. The highest BCUT2D eigenvalue weighted by molar-refractivity contribution is 7.99. The molecular weight excluding hydrogens is 342 g/mol. The molecule has 3 rings (SSSR count). The molecule has 1 atom stereocenters. The Morgan fingerprint density at radius 3 is 2.48 bits per heavy atom. The Labute approximate surface area is 151 Å². The van der Waals surface area contributed by atoms with E-state index in [-0.39, 0.29) is 24.5 Å². The highest BCUT2D eigenvalue weighted by Gasteiger charge is 2.30. The first-order valence-electron chi connectivity index (χ1n) is 8.32. The summed E-state index contributed by atoms with van der Waals surface area (Å²) in [7, 11) is 1.57. The van der Waals surface area contributed by atoms with Gasteiger partial charge in [0.2, 0.25) is 5.91 Å². The fraction of sp³-hybridized carbons (Fsp3) is 0.529. The second-order valence-corrected chi connectivity index (χ2v) is 6.95. The van der Waals surface area contributed by atoms with E-state index < -0.39 is 0 Å². The van der Waals surface area contributed by atoms with Crippen LogP contribution in [0.15, 0.2) is 24.3 Å². The normalized spacial score (nSPS) is 20.4. The smallest absolute Gasteiger partial charge is 0.260 e. The summed E-state index contributed by atoms with van der Waals surface area (Å²) < 4.78 is 10.8. The van der Waals surface area contributed by atoms with Crippen molar-refractivity contribution in [1.82, 2.24) is 15.1 Å². The summed E-state index contributed by atoms with van der Waals surface area (Å²) >= 11 is 1.74. The molecule has 8 heteroatoms. The third kappa shape index (κ3) is 4.38. The molecule has 2 heterocycles. The lowest BCUT2D eigenvalue weighted by Gasteiger charge is -2.35. The van der Waals surface area contributed by atoms with Gasteiger partial charge in [0.25, 0.3) is 5.91 Å². The van der Waals surface area contributed by atoms with Crippen molar-refractivity contribution in [3.05, 3.63) is 24.3 Å². The molecule has 2 amide bonds. The van der Waals surface area contributed by atoms with Crippen LogP contribution in [0.25, 0.3) is 0 Å². The fourth-order valence-electron chi connectivity index (χ4n) is 2.92. The summed E-state index contributed by atoms with van der Waals surface area (Å²) in [6.07, 6.45) is 0. The molecule has 1 unspecified atom stereocenters. The topological polar surface area (TPSA) is 71.1 Å². The Bertz CT molecular complexity index is 614. The van der Waals surface area contributed by atoms with Gasteiger partial charge in [-0.3, -0.25) is 14.9 Å². The second kappa shape index (κ2) is 8.44.